The van der Waals surface area contributed by atoms with Crippen LogP contribution in [0.5, 0.6) is 5.75 Å². The van der Waals surface area contributed by atoms with E-state index in [0.29, 0.717) is 5.75 Å². The van der Waals surface area contributed by atoms with Crippen LogP contribution in [0.2, 0.25) is 0 Å². The summed E-state index contributed by atoms with van der Waals surface area (Å²) in [4.78, 5) is 18.9. The van der Waals surface area contributed by atoms with Crippen LogP contribution in [0, 0.1) is 0 Å². The molecule has 6 nitrogen and oxygen atoms in total. The molecule has 0 aliphatic heterocycles. The van der Waals surface area contributed by atoms with E-state index in [1.54, 1.807) is 31.2 Å². The molecule has 0 saturated heterocycles. The fraction of sp³-hybridized carbons (Fsp3) is 0.389. The lowest BCUT2D eigenvalue weighted by molar-refractivity contribution is -0.141. The van der Waals surface area contributed by atoms with Crippen molar-refractivity contribution in [3.05, 3.63) is 47.8 Å². The molecule has 1 heterocycles. The number of aromatic nitrogens is 2. The van der Waals surface area contributed by atoms with Crippen molar-refractivity contribution in [1.29, 1.82) is 0 Å². The van der Waals surface area contributed by atoms with E-state index in [2.05, 4.69) is 20.6 Å². The highest BCUT2D eigenvalue weighted by Crippen LogP contribution is 2.28. The maximum Gasteiger partial charge on any atom is 0.433 e. The Kier molecular flexibility index (Phi) is 5.48. The fourth-order valence-corrected chi connectivity index (χ4v) is 2.36. The van der Waals surface area contributed by atoms with E-state index >= 15 is 0 Å². The zero-order valence-corrected chi connectivity index (χ0v) is 14.6. The number of alkyl halides is 3. The minimum Gasteiger partial charge on any atom is -0.484 e. The summed E-state index contributed by atoms with van der Waals surface area (Å²) in [7, 11) is 0. The van der Waals surface area contributed by atoms with Gasteiger partial charge >= 0.3 is 6.18 Å². The highest BCUT2D eigenvalue weighted by atomic mass is 19.4. The van der Waals surface area contributed by atoms with E-state index in [0.717, 1.165) is 30.7 Å². The third-order valence-corrected chi connectivity index (χ3v) is 3.98. The molecular formula is C18H19F3N4O2. The van der Waals surface area contributed by atoms with E-state index in [4.69, 9.17) is 4.74 Å². The summed E-state index contributed by atoms with van der Waals surface area (Å²) in [5, 5.41) is 5.67. The monoisotopic (exact) mass is 380 g/mol. The first-order valence-corrected chi connectivity index (χ1v) is 8.50. The van der Waals surface area contributed by atoms with Crippen LogP contribution in [-0.4, -0.2) is 28.5 Å². The molecule has 1 unspecified atom stereocenters. The number of benzene rings is 1. The molecule has 1 aromatic heterocycles. The van der Waals surface area contributed by atoms with E-state index in [-0.39, 0.29) is 30.5 Å². The number of anilines is 1. The molecule has 1 fully saturated rings. The molecule has 0 radical (unpaired) electrons. The first kappa shape index (κ1) is 18.9. The van der Waals surface area contributed by atoms with Gasteiger partial charge in [-0.15, -0.1) is 0 Å². The molecule has 144 valence electrons. The SMILES string of the molecule is CC(Nc1nccc(C(F)(F)F)n1)c1ccc(OCC(=O)NC2CC2)cc1. The van der Waals surface area contributed by atoms with Crippen LogP contribution >= 0.6 is 0 Å². The largest absolute Gasteiger partial charge is 0.484 e. The van der Waals surface area contributed by atoms with Crippen molar-refractivity contribution in [1.82, 2.24) is 15.3 Å². The van der Waals surface area contributed by atoms with Crippen molar-refractivity contribution in [2.24, 2.45) is 0 Å². The average Bonchev–Trinajstić information content (AvgIpc) is 3.44. The Morgan fingerprint density at radius 1 is 1.26 bits per heavy atom. The Hall–Kier alpha value is -2.84. The van der Waals surface area contributed by atoms with Crippen molar-refractivity contribution < 1.29 is 22.7 Å². The second kappa shape index (κ2) is 7.81. The molecule has 1 amide bonds. The molecule has 0 spiro atoms. The summed E-state index contributed by atoms with van der Waals surface area (Å²) >= 11 is 0. The Bertz CT molecular complexity index is 792. The van der Waals surface area contributed by atoms with Crippen molar-refractivity contribution in [3.63, 3.8) is 0 Å². The summed E-state index contributed by atoms with van der Waals surface area (Å²) in [5.41, 5.74) is -0.189. The van der Waals surface area contributed by atoms with Gasteiger partial charge in [0.25, 0.3) is 5.91 Å². The number of nitrogens with zero attached hydrogens (tertiary/aromatic N) is 2. The van der Waals surface area contributed by atoms with Crippen molar-refractivity contribution >= 4 is 11.9 Å². The summed E-state index contributed by atoms with van der Waals surface area (Å²) in [6.07, 6.45) is -1.43. The topological polar surface area (TPSA) is 76.1 Å². The van der Waals surface area contributed by atoms with E-state index in [1.165, 1.54) is 0 Å². The molecule has 1 aromatic carbocycles. The standard InChI is InChI=1S/C18H19F3N4O2/c1-11(23-17-22-9-8-15(25-17)18(19,20)21)12-2-6-14(7-3-12)27-10-16(26)24-13-4-5-13/h2-3,6-9,11,13H,4-5,10H2,1H3,(H,24,26)(H,22,23,25). The summed E-state index contributed by atoms with van der Waals surface area (Å²) < 4.78 is 43.6. The maximum absolute atomic E-state index is 12.7. The number of rotatable bonds is 7. The normalized spacial score (nSPS) is 15.1. The van der Waals surface area contributed by atoms with Gasteiger partial charge in [-0.3, -0.25) is 4.79 Å². The molecule has 0 bridgehead atoms. The lowest BCUT2D eigenvalue weighted by atomic mass is 10.1. The van der Waals surface area contributed by atoms with Gasteiger partial charge in [-0.1, -0.05) is 12.1 Å². The first-order chi connectivity index (χ1) is 12.8. The van der Waals surface area contributed by atoms with Gasteiger partial charge in [-0.2, -0.15) is 13.2 Å². The first-order valence-electron chi connectivity index (χ1n) is 8.50. The average molecular weight is 380 g/mol. The van der Waals surface area contributed by atoms with Gasteiger partial charge in [0, 0.05) is 12.2 Å². The molecule has 2 N–H and O–H groups in total. The number of hydrogen-bond acceptors (Lipinski definition) is 5. The van der Waals surface area contributed by atoms with Gasteiger partial charge in [0.2, 0.25) is 5.95 Å². The zero-order chi connectivity index (χ0) is 19.4. The smallest absolute Gasteiger partial charge is 0.433 e. The lowest BCUT2D eigenvalue weighted by Crippen LogP contribution is -2.30. The Morgan fingerprint density at radius 2 is 1.96 bits per heavy atom. The number of carbonyl (C=O) groups is 1. The third-order valence-electron chi connectivity index (χ3n) is 3.98. The number of carbonyl (C=O) groups excluding carboxylic acids is 1. The maximum atomic E-state index is 12.7. The number of amides is 1. The minimum atomic E-state index is -4.52. The molecule has 2 aromatic rings. The molecule has 27 heavy (non-hydrogen) atoms. The third kappa shape index (κ3) is 5.57. The summed E-state index contributed by atoms with van der Waals surface area (Å²) in [6.45, 7) is 1.73. The second-order valence-electron chi connectivity index (χ2n) is 6.33. The zero-order valence-electron chi connectivity index (χ0n) is 14.6. The van der Waals surface area contributed by atoms with Crippen LogP contribution < -0.4 is 15.4 Å². The van der Waals surface area contributed by atoms with E-state index < -0.39 is 11.9 Å². The summed E-state index contributed by atoms with van der Waals surface area (Å²) in [5.74, 6) is 0.278. The molecule has 9 heteroatoms. The molecular weight excluding hydrogens is 361 g/mol. The van der Waals surface area contributed by atoms with Crippen LogP contribution in [0.1, 0.15) is 37.1 Å². The van der Waals surface area contributed by atoms with Gasteiger partial charge in [0.05, 0.1) is 6.04 Å². The van der Waals surface area contributed by atoms with Gasteiger partial charge in [0.15, 0.2) is 6.61 Å². The van der Waals surface area contributed by atoms with Gasteiger partial charge in [0.1, 0.15) is 11.4 Å². The molecule has 1 aliphatic rings. The quantitative estimate of drug-likeness (QED) is 0.771. The number of halogens is 3. The van der Waals surface area contributed by atoms with Gasteiger partial charge in [-0.05, 0) is 43.5 Å². The number of hydrogen-bond donors (Lipinski definition) is 2. The predicted octanol–water partition coefficient (Wildman–Crippen LogP) is 3.33. The van der Waals surface area contributed by atoms with E-state index in [9.17, 15) is 18.0 Å². The Labute approximate surface area is 154 Å². The Balaban J connectivity index is 1.55. The van der Waals surface area contributed by atoms with Crippen molar-refractivity contribution in [2.45, 2.75) is 38.0 Å². The number of ether oxygens (including phenoxy) is 1. The molecule has 3 rings (SSSR count). The van der Waals surface area contributed by atoms with Gasteiger partial charge in [-0.25, -0.2) is 9.97 Å². The molecule has 1 aliphatic carbocycles. The highest BCUT2D eigenvalue weighted by molar-refractivity contribution is 5.78. The van der Waals surface area contributed by atoms with Gasteiger partial charge < -0.3 is 15.4 Å². The highest BCUT2D eigenvalue weighted by Gasteiger charge is 2.32. The fourth-order valence-electron chi connectivity index (χ4n) is 2.36. The predicted molar refractivity (Wildman–Crippen MR) is 92.2 cm³/mol. The Morgan fingerprint density at radius 3 is 2.59 bits per heavy atom. The molecule has 1 saturated carbocycles. The van der Waals surface area contributed by atoms with E-state index in [1.807, 2.05) is 0 Å². The van der Waals surface area contributed by atoms with Crippen LogP contribution in [0.3, 0.4) is 0 Å². The van der Waals surface area contributed by atoms with Crippen molar-refractivity contribution in [2.75, 3.05) is 11.9 Å². The molecule has 1 atom stereocenters. The van der Waals surface area contributed by atoms with Crippen LogP contribution in [0.25, 0.3) is 0 Å². The minimum absolute atomic E-state index is 0.0538. The van der Waals surface area contributed by atoms with Crippen LogP contribution in [0.4, 0.5) is 19.1 Å². The van der Waals surface area contributed by atoms with Crippen LogP contribution in [-0.2, 0) is 11.0 Å². The number of nitrogens with one attached hydrogen (secondary N) is 2. The lowest BCUT2D eigenvalue weighted by Gasteiger charge is -2.16. The second-order valence-corrected chi connectivity index (χ2v) is 6.33. The van der Waals surface area contributed by atoms with Crippen LogP contribution in [0.15, 0.2) is 36.5 Å². The summed E-state index contributed by atoms with van der Waals surface area (Å²) in [6, 6.07) is 7.71. The van der Waals surface area contributed by atoms with Crippen molar-refractivity contribution in [3.8, 4) is 5.75 Å².